The summed E-state index contributed by atoms with van der Waals surface area (Å²) in [5.41, 5.74) is 3.89. The molecule has 200 valence electrons. The van der Waals surface area contributed by atoms with Crippen LogP contribution < -0.4 is 15.4 Å². The van der Waals surface area contributed by atoms with Crippen molar-refractivity contribution in [1.82, 2.24) is 5.32 Å². The summed E-state index contributed by atoms with van der Waals surface area (Å²) in [6.45, 7) is 5.68. The zero-order valence-electron chi connectivity index (χ0n) is 21.7. The molecule has 7 nitrogen and oxygen atoms in total. The largest absolute Gasteiger partial charge is 0.345 e. The molecule has 0 saturated carbocycles. The molecule has 3 N–H and O–H groups in total. The Balaban J connectivity index is 1.55. The van der Waals surface area contributed by atoms with Crippen LogP contribution in [0.1, 0.15) is 50.4 Å². The number of carbonyl (C=O) groups excluding carboxylic acids is 2. The van der Waals surface area contributed by atoms with Gasteiger partial charge in [-0.2, -0.15) is 0 Å². The van der Waals surface area contributed by atoms with Crippen LogP contribution in [0.2, 0.25) is 5.02 Å². The number of hydrogen-bond acceptors (Lipinski definition) is 4. The van der Waals surface area contributed by atoms with Crippen LogP contribution in [0, 0.1) is 13.8 Å². The zero-order valence-corrected chi connectivity index (χ0v) is 23.2. The molecule has 0 aliphatic carbocycles. The number of nitrogens with one attached hydrogen (secondary N) is 3. The summed E-state index contributed by atoms with van der Waals surface area (Å²) in [4.78, 5) is 26.0. The smallest absolute Gasteiger partial charge is 0.263 e. The van der Waals surface area contributed by atoms with Gasteiger partial charge in [0.05, 0.1) is 22.3 Å². The van der Waals surface area contributed by atoms with Crippen molar-refractivity contribution in [2.24, 2.45) is 0 Å². The van der Waals surface area contributed by atoms with Gasteiger partial charge in [0.25, 0.3) is 21.8 Å². The van der Waals surface area contributed by atoms with Crippen molar-refractivity contribution in [3.05, 3.63) is 124 Å². The number of aryl methyl sites for hydroxylation is 2. The van der Waals surface area contributed by atoms with E-state index in [1.165, 1.54) is 18.2 Å². The molecule has 0 aliphatic rings. The molecular formula is C30H28ClN3O4S. The summed E-state index contributed by atoms with van der Waals surface area (Å²) in [6.07, 6.45) is 0. The van der Waals surface area contributed by atoms with Crippen LogP contribution in [0.25, 0.3) is 0 Å². The van der Waals surface area contributed by atoms with Crippen molar-refractivity contribution in [3.63, 3.8) is 0 Å². The molecule has 2 amide bonds. The van der Waals surface area contributed by atoms with Crippen LogP contribution >= 0.6 is 11.6 Å². The average molecular weight is 562 g/mol. The molecule has 0 aliphatic heterocycles. The van der Waals surface area contributed by atoms with Gasteiger partial charge in [-0.25, -0.2) is 8.42 Å². The SMILES string of the molecule is Cc1ccc(NS(=O)(=O)c2cc(C(=O)Nc3ccccc3C(=O)N[C@@H](C)c3ccccc3)ccc2Cl)cc1C. The highest BCUT2D eigenvalue weighted by molar-refractivity contribution is 7.92. The summed E-state index contributed by atoms with van der Waals surface area (Å²) in [5.74, 6) is -0.954. The lowest BCUT2D eigenvalue weighted by Gasteiger charge is -2.17. The van der Waals surface area contributed by atoms with Crippen LogP contribution in [0.15, 0.2) is 95.9 Å². The average Bonchev–Trinajstić information content (AvgIpc) is 2.91. The molecule has 4 rings (SSSR count). The van der Waals surface area contributed by atoms with Crippen LogP contribution in [-0.2, 0) is 10.0 Å². The van der Waals surface area contributed by atoms with Crippen LogP contribution in [0.5, 0.6) is 0 Å². The minimum atomic E-state index is -4.09. The molecule has 4 aromatic rings. The third kappa shape index (κ3) is 6.66. The molecular weight excluding hydrogens is 534 g/mol. The summed E-state index contributed by atoms with van der Waals surface area (Å²) in [7, 11) is -4.09. The molecule has 0 saturated heterocycles. The van der Waals surface area contributed by atoms with E-state index in [1.807, 2.05) is 57.2 Å². The molecule has 0 unspecified atom stereocenters. The molecule has 0 spiro atoms. The van der Waals surface area contributed by atoms with Crippen molar-refractivity contribution in [1.29, 1.82) is 0 Å². The number of sulfonamides is 1. The molecule has 0 aromatic heterocycles. The predicted molar refractivity (Wildman–Crippen MR) is 155 cm³/mol. The minimum absolute atomic E-state index is 0.0300. The number of halogens is 1. The monoisotopic (exact) mass is 561 g/mol. The van der Waals surface area contributed by atoms with E-state index in [0.29, 0.717) is 5.69 Å². The molecule has 39 heavy (non-hydrogen) atoms. The topological polar surface area (TPSA) is 104 Å². The van der Waals surface area contributed by atoms with Crippen LogP contribution in [0.4, 0.5) is 11.4 Å². The fourth-order valence-electron chi connectivity index (χ4n) is 3.95. The van der Waals surface area contributed by atoms with Gasteiger partial charge in [0.1, 0.15) is 4.90 Å². The number of para-hydroxylation sites is 1. The van der Waals surface area contributed by atoms with Crippen molar-refractivity contribution < 1.29 is 18.0 Å². The fraction of sp³-hybridized carbons (Fsp3) is 0.133. The minimum Gasteiger partial charge on any atom is -0.345 e. The molecule has 4 aromatic carbocycles. The summed E-state index contributed by atoms with van der Waals surface area (Å²) in [6, 6.07) is 25.0. The Morgan fingerprint density at radius 2 is 1.49 bits per heavy atom. The van der Waals surface area contributed by atoms with Gasteiger partial charge < -0.3 is 10.6 Å². The fourth-order valence-corrected chi connectivity index (χ4v) is 5.53. The molecule has 0 bridgehead atoms. The highest BCUT2D eigenvalue weighted by atomic mass is 35.5. The van der Waals surface area contributed by atoms with Gasteiger partial charge in [0.15, 0.2) is 0 Å². The Morgan fingerprint density at radius 1 is 0.795 bits per heavy atom. The van der Waals surface area contributed by atoms with E-state index in [9.17, 15) is 18.0 Å². The first-order chi connectivity index (χ1) is 18.5. The highest BCUT2D eigenvalue weighted by Gasteiger charge is 2.22. The van der Waals surface area contributed by atoms with Crippen molar-refractivity contribution in [2.45, 2.75) is 31.7 Å². The predicted octanol–water partition coefficient (Wildman–Crippen LogP) is 6.50. The first-order valence-corrected chi connectivity index (χ1v) is 14.1. The molecule has 1 atom stereocenters. The first kappa shape index (κ1) is 27.9. The molecule has 0 heterocycles. The Bertz CT molecular complexity index is 1640. The lowest BCUT2D eigenvalue weighted by molar-refractivity contribution is 0.0940. The maximum absolute atomic E-state index is 13.2. The Morgan fingerprint density at radius 3 is 2.21 bits per heavy atom. The van der Waals surface area contributed by atoms with E-state index >= 15 is 0 Å². The molecule has 9 heteroatoms. The lowest BCUT2D eigenvalue weighted by atomic mass is 10.1. The van der Waals surface area contributed by atoms with Crippen molar-refractivity contribution in [2.75, 3.05) is 10.0 Å². The van der Waals surface area contributed by atoms with E-state index in [-0.39, 0.29) is 38.7 Å². The standard InChI is InChI=1S/C30H28ClN3O4S/c1-19-13-15-24(17-20(19)2)34-39(37,38)28-18-23(14-16-26(28)31)29(35)33-27-12-8-7-11-25(27)30(36)32-21(3)22-9-5-4-6-10-22/h4-18,21,34H,1-3H3,(H,32,36)(H,33,35)/t21-/m0/s1. The normalized spacial score (nSPS) is 11.9. The second-order valence-electron chi connectivity index (χ2n) is 9.16. The summed E-state index contributed by atoms with van der Waals surface area (Å²) < 4.78 is 28.8. The van der Waals surface area contributed by atoms with Gasteiger partial charge >= 0.3 is 0 Å². The van der Waals surface area contributed by atoms with E-state index in [2.05, 4.69) is 15.4 Å². The quantitative estimate of drug-likeness (QED) is 0.228. The number of carbonyl (C=O) groups is 2. The summed E-state index contributed by atoms with van der Waals surface area (Å²) >= 11 is 6.23. The van der Waals surface area contributed by atoms with Crippen LogP contribution in [0.3, 0.4) is 0 Å². The molecule has 0 radical (unpaired) electrons. The second kappa shape index (κ2) is 11.7. The van der Waals surface area contributed by atoms with E-state index < -0.39 is 15.9 Å². The van der Waals surface area contributed by atoms with Crippen molar-refractivity contribution >= 4 is 44.8 Å². The number of rotatable bonds is 8. The number of amides is 2. The Hall–Kier alpha value is -4.14. The zero-order chi connectivity index (χ0) is 28.2. The van der Waals surface area contributed by atoms with Gasteiger partial charge in [-0.1, -0.05) is 60.1 Å². The molecule has 0 fully saturated rings. The van der Waals surface area contributed by atoms with Gasteiger partial charge in [0.2, 0.25) is 0 Å². The highest BCUT2D eigenvalue weighted by Crippen LogP contribution is 2.27. The van der Waals surface area contributed by atoms with Gasteiger partial charge in [0, 0.05) is 11.3 Å². The third-order valence-corrected chi connectivity index (χ3v) is 8.17. The van der Waals surface area contributed by atoms with Gasteiger partial charge in [-0.05, 0) is 79.9 Å². The van der Waals surface area contributed by atoms with Gasteiger partial charge in [-0.15, -0.1) is 0 Å². The maximum Gasteiger partial charge on any atom is 0.263 e. The van der Waals surface area contributed by atoms with Gasteiger partial charge in [-0.3, -0.25) is 14.3 Å². The first-order valence-electron chi connectivity index (χ1n) is 12.2. The Kier molecular flexibility index (Phi) is 8.38. The van der Waals surface area contributed by atoms with Crippen LogP contribution in [-0.4, -0.2) is 20.2 Å². The van der Waals surface area contributed by atoms with E-state index in [0.717, 1.165) is 16.7 Å². The lowest BCUT2D eigenvalue weighted by Crippen LogP contribution is -2.28. The Labute approximate surface area is 233 Å². The number of anilines is 2. The maximum atomic E-state index is 13.2. The summed E-state index contributed by atoms with van der Waals surface area (Å²) in [5, 5.41) is 5.63. The van der Waals surface area contributed by atoms with E-state index in [1.54, 1.807) is 36.4 Å². The number of benzene rings is 4. The van der Waals surface area contributed by atoms with Crippen molar-refractivity contribution in [3.8, 4) is 0 Å². The van der Waals surface area contributed by atoms with E-state index in [4.69, 9.17) is 11.6 Å². The second-order valence-corrected chi connectivity index (χ2v) is 11.2. The number of hydrogen-bond donors (Lipinski definition) is 3. The third-order valence-electron chi connectivity index (χ3n) is 6.31.